The smallest absolute Gasteiger partial charge is 0.156 e. The predicted octanol–water partition coefficient (Wildman–Crippen LogP) is 3.34. The molecule has 0 aliphatic carbocycles. The van der Waals surface area contributed by atoms with Gasteiger partial charge in [-0.1, -0.05) is 6.42 Å². The van der Waals surface area contributed by atoms with Crippen LogP contribution in [0.5, 0.6) is 0 Å². The maximum absolute atomic E-state index is 13.2. The van der Waals surface area contributed by atoms with Gasteiger partial charge in [0.1, 0.15) is 11.6 Å². The van der Waals surface area contributed by atoms with Crippen molar-refractivity contribution in [2.75, 3.05) is 13.1 Å². The van der Waals surface area contributed by atoms with Crippen molar-refractivity contribution in [1.29, 1.82) is 0 Å². The first-order valence-electron chi connectivity index (χ1n) is 7.13. The van der Waals surface area contributed by atoms with E-state index in [0.29, 0.717) is 5.56 Å². The minimum Gasteiger partial charge on any atom is -0.297 e. The summed E-state index contributed by atoms with van der Waals surface area (Å²) in [5, 5.41) is 0. The van der Waals surface area contributed by atoms with Gasteiger partial charge < -0.3 is 0 Å². The van der Waals surface area contributed by atoms with Crippen LogP contribution in [0.4, 0.5) is 8.78 Å². The SMILES string of the molecule is CC(C)(C(=O)Cc1cc(F)cc(F)c1)N1CCCCC1. The molecule has 2 rings (SSSR count). The molecule has 1 heterocycles. The average Bonchev–Trinajstić information content (AvgIpc) is 2.38. The lowest BCUT2D eigenvalue weighted by atomic mass is 9.90. The Morgan fingerprint density at radius 2 is 1.65 bits per heavy atom. The molecular formula is C16H21F2NO. The molecule has 110 valence electrons. The van der Waals surface area contributed by atoms with E-state index in [4.69, 9.17) is 0 Å². The van der Waals surface area contributed by atoms with Crippen LogP contribution in [0.15, 0.2) is 18.2 Å². The highest BCUT2D eigenvalue weighted by atomic mass is 19.1. The molecule has 1 saturated heterocycles. The molecule has 1 aromatic rings. The average molecular weight is 281 g/mol. The van der Waals surface area contributed by atoms with E-state index in [1.807, 2.05) is 13.8 Å². The molecular weight excluding hydrogens is 260 g/mol. The van der Waals surface area contributed by atoms with Gasteiger partial charge in [0, 0.05) is 12.5 Å². The summed E-state index contributed by atoms with van der Waals surface area (Å²) < 4.78 is 26.3. The van der Waals surface area contributed by atoms with Gasteiger partial charge in [-0.15, -0.1) is 0 Å². The molecule has 0 N–H and O–H groups in total. The first-order chi connectivity index (χ1) is 9.39. The summed E-state index contributed by atoms with van der Waals surface area (Å²) in [7, 11) is 0. The van der Waals surface area contributed by atoms with Gasteiger partial charge >= 0.3 is 0 Å². The van der Waals surface area contributed by atoms with Crippen molar-refractivity contribution in [2.24, 2.45) is 0 Å². The van der Waals surface area contributed by atoms with Crippen molar-refractivity contribution in [3.63, 3.8) is 0 Å². The van der Waals surface area contributed by atoms with E-state index >= 15 is 0 Å². The summed E-state index contributed by atoms with van der Waals surface area (Å²) in [5.74, 6) is -1.27. The van der Waals surface area contributed by atoms with E-state index in [9.17, 15) is 13.6 Å². The molecule has 0 saturated carbocycles. The Hall–Kier alpha value is -1.29. The van der Waals surface area contributed by atoms with E-state index in [2.05, 4.69) is 4.90 Å². The number of likely N-dealkylation sites (tertiary alicyclic amines) is 1. The van der Waals surface area contributed by atoms with Crippen LogP contribution in [0.25, 0.3) is 0 Å². The van der Waals surface area contributed by atoms with Gasteiger partial charge in [0.05, 0.1) is 5.54 Å². The Morgan fingerprint density at radius 1 is 1.10 bits per heavy atom. The summed E-state index contributed by atoms with van der Waals surface area (Å²) in [4.78, 5) is 14.6. The highest BCUT2D eigenvalue weighted by Crippen LogP contribution is 2.23. The zero-order valence-electron chi connectivity index (χ0n) is 12.1. The summed E-state index contributed by atoms with van der Waals surface area (Å²) in [5.41, 5.74) is -0.180. The normalized spacial score (nSPS) is 17.2. The Bertz CT molecular complexity index is 473. The fourth-order valence-electron chi connectivity index (χ4n) is 2.74. The molecule has 20 heavy (non-hydrogen) atoms. The fourth-order valence-corrected chi connectivity index (χ4v) is 2.74. The Balaban J connectivity index is 2.09. The van der Waals surface area contributed by atoms with Crippen LogP contribution < -0.4 is 0 Å². The lowest BCUT2D eigenvalue weighted by molar-refractivity contribution is -0.129. The second kappa shape index (κ2) is 6.00. The van der Waals surface area contributed by atoms with E-state index in [1.54, 1.807) is 0 Å². The molecule has 2 nitrogen and oxygen atoms in total. The molecule has 0 radical (unpaired) electrons. The third-order valence-corrected chi connectivity index (χ3v) is 4.12. The molecule has 1 aliphatic heterocycles. The van der Waals surface area contributed by atoms with Crippen molar-refractivity contribution in [1.82, 2.24) is 4.90 Å². The van der Waals surface area contributed by atoms with Crippen LogP contribution in [-0.4, -0.2) is 29.3 Å². The molecule has 1 aromatic carbocycles. The monoisotopic (exact) mass is 281 g/mol. The van der Waals surface area contributed by atoms with Crippen molar-refractivity contribution in [2.45, 2.75) is 45.1 Å². The van der Waals surface area contributed by atoms with Crippen LogP contribution in [0.1, 0.15) is 38.7 Å². The predicted molar refractivity (Wildman–Crippen MR) is 74.6 cm³/mol. The third kappa shape index (κ3) is 3.42. The van der Waals surface area contributed by atoms with E-state index in [-0.39, 0.29) is 12.2 Å². The molecule has 0 spiro atoms. The molecule has 0 atom stereocenters. The lowest BCUT2D eigenvalue weighted by Gasteiger charge is -2.39. The van der Waals surface area contributed by atoms with Gasteiger partial charge in [0.25, 0.3) is 0 Å². The molecule has 0 bridgehead atoms. The first-order valence-corrected chi connectivity index (χ1v) is 7.13. The van der Waals surface area contributed by atoms with Gasteiger partial charge in [-0.25, -0.2) is 8.78 Å². The topological polar surface area (TPSA) is 20.3 Å². The summed E-state index contributed by atoms with van der Waals surface area (Å²) >= 11 is 0. The van der Waals surface area contributed by atoms with Gasteiger partial charge in [-0.2, -0.15) is 0 Å². The summed E-state index contributed by atoms with van der Waals surface area (Å²) in [6.45, 7) is 5.62. The second-order valence-electron chi connectivity index (χ2n) is 5.98. The number of carbonyl (C=O) groups excluding carboxylic acids is 1. The minimum absolute atomic E-state index is 0.00407. The third-order valence-electron chi connectivity index (χ3n) is 4.12. The molecule has 4 heteroatoms. The van der Waals surface area contributed by atoms with Crippen molar-refractivity contribution in [3.05, 3.63) is 35.4 Å². The van der Waals surface area contributed by atoms with Gasteiger partial charge in [-0.05, 0) is 57.5 Å². The quantitative estimate of drug-likeness (QED) is 0.843. The number of piperidine rings is 1. The Labute approximate surface area is 118 Å². The van der Waals surface area contributed by atoms with Crippen molar-refractivity contribution >= 4 is 5.78 Å². The molecule has 1 aliphatic rings. The summed E-state index contributed by atoms with van der Waals surface area (Å²) in [6, 6.07) is 3.28. The highest BCUT2D eigenvalue weighted by molar-refractivity contribution is 5.89. The molecule has 0 amide bonds. The van der Waals surface area contributed by atoms with Crippen molar-refractivity contribution in [3.8, 4) is 0 Å². The number of rotatable bonds is 4. The summed E-state index contributed by atoms with van der Waals surface area (Å²) in [6.07, 6.45) is 3.48. The molecule has 1 fully saturated rings. The zero-order chi connectivity index (χ0) is 14.8. The van der Waals surface area contributed by atoms with E-state index in [1.165, 1.54) is 18.6 Å². The lowest BCUT2D eigenvalue weighted by Crippen LogP contribution is -2.52. The van der Waals surface area contributed by atoms with Crippen LogP contribution in [0.2, 0.25) is 0 Å². The van der Waals surface area contributed by atoms with Crippen LogP contribution in [0.3, 0.4) is 0 Å². The van der Waals surface area contributed by atoms with Crippen LogP contribution >= 0.6 is 0 Å². The van der Waals surface area contributed by atoms with Crippen LogP contribution in [0, 0.1) is 11.6 Å². The number of halogens is 2. The van der Waals surface area contributed by atoms with Gasteiger partial charge in [0.15, 0.2) is 5.78 Å². The van der Waals surface area contributed by atoms with Crippen molar-refractivity contribution < 1.29 is 13.6 Å². The Morgan fingerprint density at radius 3 is 2.20 bits per heavy atom. The van der Waals surface area contributed by atoms with Gasteiger partial charge in [0.2, 0.25) is 0 Å². The van der Waals surface area contributed by atoms with Gasteiger partial charge in [-0.3, -0.25) is 9.69 Å². The zero-order valence-corrected chi connectivity index (χ0v) is 12.1. The number of hydrogen-bond acceptors (Lipinski definition) is 2. The maximum Gasteiger partial charge on any atom is 0.156 e. The molecule has 0 aromatic heterocycles. The molecule has 0 unspecified atom stereocenters. The highest BCUT2D eigenvalue weighted by Gasteiger charge is 2.34. The maximum atomic E-state index is 13.2. The number of benzene rings is 1. The number of nitrogens with zero attached hydrogens (tertiary/aromatic N) is 1. The largest absolute Gasteiger partial charge is 0.297 e. The minimum atomic E-state index is -0.636. The number of Topliss-reactive ketones (excluding diaryl/α,β-unsaturated/α-hetero) is 1. The first kappa shape index (κ1) is 15.1. The number of ketones is 1. The second-order valence-corrected chi connectivity index (χ2v) is 5.98. The Kier molecular flexibility index (Phi) is 4.53. The fraction of sp³-hybridized carbons (Fsp3) is 0.562. The number of hydrogen-bond donors (Lipinski definition) is 0. The standard InChI is InChI=1S/C16H21F2NO/c1-16(2,19-6-4-3-5-7-19)15(20)10-12-8-13(17)11-14(18)9-12/h8-9,11H,3-7,10H2,1-2H3. The van der Waals surface area contributed by atoms with E-state index < -0.39 is 17.2 Å². The van der Waals surface area contributed by atoms with Crippen LogP contribution in [-0.2, 0) is 11.2 Å². The number of carbonyl (C=O) groups is 1. The van der Waals surface area contributed by atoms with E-state index in [0.717, 1.165) is 32.0 Å².